The molecule has 1 heterocycles. The molecule has 0 aliphatic carbocycles. The van der Waals surface area contributed by atoms with Crippen molar-refractivity contribution in [3.8, 4) is 0 Å². The molecular weight excluding hydrogens is 408 g/mol. The molecule has 0 unspecified atom stereocenters. The molecule has 4 N–H and O–H groups in total. The van der Waals surface area contributed by atoms with Gasteiger partial charge in [-0.25, -0.2) is 0 Å². The zero-order valence-corrected chi connectivity index (χ0v) is 17.0. The molecule has 0 aromatic rings. The Kier molecular flexibility index (Phi) is 9.62. The monoisotopic (exact) mass is 434 g/mol. The number of carbonyl (C=O) groups excluding carboxylic acids is 4. The fourth-order valence-electron chi connectivity index (χ4n) is 2.70. The quantitative estimate of drug-likeness (QED) is 0.269. The number of esters is 3. The summed E-state index contributed by atoms with van der Waals surface area (Å²) in [5.74, 6) is -4.06. The molecule has 1 amide bonds. The Morgan fingerprint density at radius 3 is 2.03 bits per heavy atom. The average Bonchev–Trinajstić information content (AvgIpc) is 2.60. The molecule has 6 atom stereocenters. The smallest absolute Gasteiger partial charge is 0.322 e. The van der Waals surface area contributed by atoms with Crippen molar-refractivity contribution in [1.29, 1.82) is 0 Å². The van der Waals surface area contributed by atoms with Crippen molar-refractivity contribution in [3.63, 3.8) is 0 Å². The molecular formula is C17H26N2O11. The van der Waals surface area contributed by atoms with Crippen LogP contribution in [-0.4, -0.2) is 84.8 Å². The molecule has 1 aliphatic rings. The van der Waals surface area contributed by atoms with E-state index >= 15 is 0 Å². The van der Waals surface area contributed by atoms with Crippen LogP contribution in [0.25, 0.3) is 0 Å². The summed E-state index contributed by atoms with van der Waals surface area (Å²) in [5, 5.41) is 11.4. The summed E-state index contributed by atoms with van der Waals surface area (Å²) >= 11 is 0. The molecule has 1 rings (SSSR count). The minimum absolute atomic E-state index is 0.400. The number of carboxylic acids is 1. The minimum atomic E-state index is -1.41. The normalized spacial score (nSPS) is 26.8. The number of hydrogen-bond acceptors (Lipinski definition) is 11. The lowest BCUT2D eigenvalue weighted by Gasteiger charge is -2.45. The fraction of sp³-hybridized carbons (Fsp3) is 0.706. The van der Waals surface area contributed by atoms with Gasteiger partial charge >= 0.3 is 23.9 Å². The van der Waals surface area contributed by atoms with E-state index in [-0.39, 0.29) is 0 Å². The van der Waals surface area contributed by atoms with E-state index in [1.54, 1.807) is 0 Å². The third-order valence-corrected chi connectivity index (χ3v) is 3.83. The van der Waals surface area contributed by atoms with Gasteiger partial charge in [0.2, 0.25) is 5.91 Å². The lowest BCUT2D eigenvalue weighted by molar-refractivity contribution is -0.278. The number of amides is 1. The molecule has 0 radical (unpaired) electrons. The van der Waals surface area contributed by atoms with E-state index in [1.165, 1.54) is 6.92 Å². The zero-order valence-electron chi connectivity index (χ0n) is 17.0. The molecule has 0 aromatic carbocycles. The first-order valence-corrected chi connectivity index (χ1v) is 8.92. The van der Waals surface area contributed by atoms with Crippen LogP contribution in [-0.2, 0) is 47.7 Å². The van der Waals surface area contributed by atoms with E-state index in [1.807, 2.05) is 0 Å². The second-order valence-electron chi connectivity index (χ2n) is 6.50. The molecule has 0 spiro atoms. The topological polar surface area (TPSA) is 190 Å². The van der Waals surface area contributed by atoms with Gasteiger partial charge in [0.1, 0.15) is 24.8 Å². The van der Waals surface area contributed by atoms with E-state index in [9.17, 15) is 24.0 Å². The van der Waals surface area contributed by atoms with E-state index in [0.29, 0.717) is 0 Å². The molecule has 1 saturated heterocycles. The van der Waals surface area contributed by atoms with Crippen LogP contribution in [0.1, 0.15) is 27.7 Å². The second kappa shape index (κ2) is 11.4. The number of nitrogens with one attached hydrogen (secondary N) is 1. The van der Waals surface area contributed by atoms with Crippen molar-refractivity contribution in [1.82, 2.24) is 5.32 Å². The molecule has 30 heavy (non-hydrogen) atoms. The first kappa shape index (κ1) is 25.3. The Balaban J connectivity index is 3.27. The molecule has 170 valence electrons. The predicted octanol–water partition coefficient (Wildman–Crippen LogP) is -1.93. The minimum Gasteiger partial charge on any atom is -0.480 e. The van der Waals surface area contributed by atoms with Crippen LogP contribution in [0.3, 0.4) is 0 Å². The number of hydrogen-bond donors (Lipinski definition) is 3. The van der Waals surface area contributed by atoms with Crippen molar-refractivity contribution < 1.29 is 52.8 Å². The maximum absolute atomic E-state index is 11.7. The summed E-state index contributed by atoms with van der Waals surface area (Å²) in [6.07, 6.45) is -5.08. The number of ether oxygens (including phenoxy) is 5. The van der Waals surface area contributed by atoms with Crippen LogP contribution in [0.4, 0.5) is 0 Å². The van der Waals surface area contributed by atoms with Crippen molar-refractivity contribution in [2.24, 2.45) is 5.73 Å². The summed E-state index contributed by atoms with van der Waals surface area (Å²) in [7, 11) is 0. The summed E-state index contributed by atoms with van der Waals surface area (Å²) in [6.45, 7) is 3.62. The number of aliphatic carboxylic acids is 1. The third-order valence-electron chi connectivity index (χ3n) is 3.83. The van der Waals surface area contributed by atoms with Crippen molar-refractivity contribution in [3.05, 3.63) is 0 Å². The maximum atomic E-state index is 11.7. The van der Waals surface area contributed by atoms with E-state index in [2.05, 4.69) is 5.32 Å². The maximum Gasteiger partial charge on any atom is 0.322 e. The largest absolute Gasteiger partial charge is 0.480 e. The van der Waals surface area contributed by atoms with Gasteiger partial charge < -0.3 is 39.8 Å². The first-order valence-electron chi connectivity index (χ1n) is 8.92. The SMILES string of the molecule is CC(=O)N[C@H]1[C@H](OC[C@H](N)C(=O)O)O[C@H](COC(C)=O)[C@@H](OC(C)=O)[C@@H]1OC(C)=O. The lowest BCUT2D eigenvalue weighted by Crippen LogP contribution is -2.66. The van der Waals surface area contributed by atoms with E-state index in [0.717, 1.165) is 20.8 Å². The molecule has 1 fully saturated rings. The third kappa shape index (κ3) is 7.93. The Hall–Kier alpha value is -2.77. The summed E-state index contributed by atoms with van der Waals surface area (Å²) in [5.41, 5.74) is 5.43. The molecule has 13 heteroatoms. The van der Waals surface area contributed by atoms with Crippen LogP contribution in [0, 0.1) is 0 Å². The van der Waals surface area contributed by atoms with Gasteiger partial charge in [-0.1, -0.05) is 0 Å². The number of rotatable bonds is 9. The van der Waals surface area contributed by atoms with Crippen molar-refractivity contribution in [2.45, 2.75) is 64.4 Å². The first-order chi connectivity index (χ1) is 13.9. The molecule has 13 nitrogen and oxygen atoms in total. The van der Waals surface area contributed by atoms with Gasteiger partial charge in [0.05, 0.1) is 6.61 Å². The molecule has 0 saturated carbocycles. The van der Waals surface area contributed by atoms with E-state index in [4.69, 9.17) is 34.5 Å². The standard InChI is InChI=1S/C17H26N2O11/c1-7(20)19-13-15(29-10(4)23)14(28-9(3)22)12(6-26-8(2)21)30-17(13)27-5-11(18)16(24)25/h11-15,17H,5-6,18H2,1-4H3,(H,19,20)(H,24,25)/t11-,12+,13+,14+,15+,17+/m0/s1. The highest BCUT2D eigenvalue weighted by molar-refractivity contribution is 5.74. The molecule has 0 aromatic heterocycles. The highest BCUT2D eigenvalue weighted by Gasteiger charge is 2.51. The van der Waals surface area contributed by atoms with Crippen LogP contribution >= 0.6 is 0 Å². The number of nitrogens with two attached hydrogens (primary N) is 1. The van der Waals surface area contributed by atoms with Crippen molar-refractivity contribution in [2.75, 3.05) is 13.2 Å². The Labute approximate surface area is 172 Å². The fourth-order valence-corrected chi connectivity index (χ4v) is 2.70. The van der Waals surface area contributed by atoms with Gasteiger partial charge in [0.25, 0.3) is 0 Å². The highest BCUT2D eigenvalue weighted by atomic mass is 16.7. The lowest BCUT2D eigenvalue weighted by atomic mass is 9.96. The Morgan fingerprint density at radius 2 is 1.57 bits per heavy atom. The Bertz CT molecular complexity index is 668. The van der Waals surface area contributed by atoms with Gasteiger partial charge in [-0.15, -0.1) is 0 Å². The highest BCUT2D eigenvalue weighted by Crippen LogP contribution is 2.28. The van der Waals surface area contributed by atoms with Gasteiger partial charge in [-0.2, -0.15) is 0 Å². The number of carboxylic acid groups (broad SMARTS) is 1. The van der Waals surface area contributed by atoms with Crippen LogP contribution < -0.4 is 11.1 Å². The average molecular weight is 434 g/mol. The van der Waals surface area contributed by atoms with Gasteiger partial charge in [0.15, 0.2) is 18.5 Å². The molecule has 1 aliphatic heterocycles. The second-order valence-corrected chi connectivity index (χ2v) is 6.50. The van der Waals surface area contributed by atoms with Gasteiger partial charge in [-0.3, -0.25) is 24.0 Å². The molecule has 0 bridgehead atoms. The predicted molar refractivity (Wildman–Crippen MR) is 95.6 cm³/mol. The van der Waals surface area contributed by atoms with Gasteiger partial charge in [0, 0.05) is 27.7 Å². The zero-order chi connectivity index (χ0) is 23.0. The van der Waals surface area contributed by atoms with Crippen LogP contribution in [0.5, 0.6) is 0 Å². The van der Waals surface area contributed by atoms with Gasteiger partial charge in [-0.05, 0) is 0 Å². The Morgan fingerprint density at radius 1 is 1.00 bits per heavy atom. The van der Waals surface area contributed by atoms with E-state index < -0.39 is 79.7 Å². The van der Waals surface area contributed by atoms with Crippen LogP contribution in [0.15, 0.2) is 0 Å². The van der Waals surface area contributed by atoms with Crippen molar-refractivity contribution >= 4 is 29.8 Å². The summed E-state index contributed by atoms with van der Waals surface area (Å²) in [4.78, 5) is 57.1. The van der Waals surface area contributed by atoms with Crippen LogP contribution in [0.2, 0.25) is 0 Å². The summed E-state index contributed by atoms with van der Waals surface area (Å²) in [6, 6.07) is -2.60. The number of carbonyl (C=O) groups is 5. The summed E-state index contributed by atoms with van der Waals surface area (Å²) < 4.78 is 26.5.